The van der Waals surface area contributed by atoms with E-state index in [1.54, 1.807) is 17.5 Å². The Morgan fingerprint density at radius 2 is 1.87 bits per heavy atom. The van der Waals surface area contributed by atoms with Gasteiger partial charge in [0.2, 0.25) is 9.84 Å². The van der Waals surface area contributed by atoms with E-state index in [4.69, 9.17) is 10.7 Å². The molecule has 5 rings (SSSR count). The standard InChI is InChI=1S/C22H22N4O2S2/c23-21-20(30(27,28)18-11-6-14-29-18)19-22(25-17-10-5-4-9-16(17)24-19)26(21)13-12-15-7-2-1-3-8-15/h4-7,9-11,14H,1-3,8,12-13,23H2. The second-order valence-corrected chi connectivity index (χ2v) is 10.6. The predicted octanol–water partition coefficient (Wildman–Crippen LogP) is 4.95. The summed E-state index contributed by atoms with van der Waals surface area (Å²) >= 11 is 1.18. The molecule has 0 spiro atoms. The largest absolute Gasteiger partial charge is 0.384 e. The SMILES string of the molecule is Nc1c(S(=O)(=O)c2cccs2)c2nc3ccccc3nc2n1CCC1=CCCCC1. The monoisotopic (exact) mass is 438 g/mol. The Kier molecular flexibility index (Phi) is 4.83. The molecular formula is C22H22N4O2S2. The van der Waals surface area contributed by atoms with Crippen LogP contribution in [0.2, 0.25) is 0 Å². The summed E-state index contributed by atoms with van der Waals surface area (Å²) in [7, 11) is -3.79. The van der Waals surface area contributed by atoms with E-state index in [-0.39, 0.29) is 14.9 Å². The molecule has 8 heteroatoms. The lowest BCUT2D eigenvalue weighted by atomic mass is 9.97. The number of aryl methyl sites for hydroxylation is 1. The molecule has 2 N–H and O–H groups in total. The summed E-state index contributed by atoms with van der Waals surface area (Å²) in [5, 5.41) is 1.75. The van der Waals surface area contributed by atoms with Gasteiger partial charge in [-0.25, -0.2) is 18.4 Å². The minimum Gasteiger partial charge on any atom is -0.384 e. The number of hydrogen-bond acceptors (Lipinski definition) is 6. The van der Waals surface area contributed by atoms with Gasteiger partial charge in [0.05, 0.1) is 11.0 Å². The van der Waals surface area contributed by atoms with Crippen LogP contribution in [0.15, 0.2) is 62.5 Å². The number of benzene rings is 1. The Morgan fingerprint density at radius 1 is 1.07 bits per heavy atom. The van der Waals surface area contributed by atoms with Gasteiger partial charge < -0.3 is 10.3 Å². The number of thiophene rings is 1. The summed E-state index contributed by atoms with van der Waals surface area (Å²) in [5.41, 5.74) is 10.1. The average molecular weight is 439 g/mol. The van der Waals surface area contributed by atoms with Crippen LogP contribution >= 0.6 is 11.3 Å². The summed E-state index contributed by atoms with van der Waals surface area (Å²) in [6.45, 7) is 0.584. The van der Waals surface area contributed by atoms with E-state index in [2.05, 4.69) is 11.1 Å². The number of rotatable bonds is 5. The Bertz CT molecular complexity index is 1370. The smallest absolute Gasteiger partial charge is 0.221 e. The van der Waals surface area contributed by atoms with Gasteiger partial charge in [-0.1, -0.05) is 29.8 Å². The number of fused-ring (bicyclic) bond motifs is 2. The molecular weight excluding hydrogens is 416 g/mol. The Labute approximate surface area is 179 Å². The van der Waals surface area contributed by atoms with Crippen molar-refractivity contribution in [1.29, 1.82) is 0 Å². The van der Waals surface area contributed by atoms with Crippen molar-refractivity contribution in [2.45, 2.75) is 47.8 Å². The summed E-state index contributed by atoms with van der Waals surface area (Å²) in [6.07, 6.45) is 7.78. The van der Waals surface area contributed by atoms with Crippen molar-refractivity contribution >= 4 is 49.2 Å². The average Bonchev–Trinajstić information content (AvgIpc) is 3.38. The molecule has 3 heterocycles. The minimum absolute atomic E-state index is 0.0656. The number of anilines is 1. The molecule has 0 fully saturated rings. The number of para-hydroxylation sites is 2. The zero-order chi connectivity index (χ0) is 20.7. The third-order valence-electron chi connectivity index (χ3n) is 5.62. The fraction of sp³-hybridized carbons (Fsp3) is 0.273. The number of nitrogen functional groups attached to an aromatic ring is 1. The number of aromatic nitrogens is 3. The van der Waals surface area contributed by atoms with Gasteiger partial charge in [0.1, 0.15) is 20.4 Å². The Hall–Kier alpha value is -2.71. The molecule has 0 saturated heterocycles. The van der Waals surface area contributed by atoms with E-state index < -0.39 is 9.84 Å². The molecule has 0 aliphatic heterocycles. The van der Waals surface area contributed by atoms with Crippen LogP contribution in [0.4, 0.5) is 5.82 Å². The van der Waals surface area contributed by atoms with E-state index in [1.165, 1.54) is 29.8 Å². The summed E-state index contributed by atoms with van der Waals surface area (Å²) in [6, 6.07) is 10.8. The first-order valence-corrected chi connectivity index (χ1v) is 12.4. The molecule has 4 aromatic rings. The molecule has 0 unspecified atom stereocenters. The second-order valence-electron chi connectivity index (χ2n) is 7.54. The first-order valence-electron chi connectivity index (χ1n) is 10.1. The molecule has 1 aromatic carbocycles. The van der Waals surface area contributed by atoms with Crippen molar-refractivity contribution in [1.82, 2.24) is 14.5 Å². The molecule has 6 nitrogen and oxygen atoms in total. The number of nitrogens with two attached hydrogens (primary N) is 1. The zero-order valence-corrected chi connectivity index (χ0v) is 18.0. The lowest BCUT2D eigenvalue weighted by Gasteiger charge is -2.14. The Morgan fingerprint density at radius 3 is 2.57 bits per heavy atom. The van der Waals surface area contributed by atoms with Gasteiger partial charge in [-0.05, 0) is 55.7 Å². The van der Waals surface area contributed by atoms with Gasteiger partial charge in [0.25, 0.3) is 0 Å². The molecule has 154 valence electrons. The number of allylic oxidation sites excluding steroid dienone is 2. The molecule has 1 aliphatic carbocycles. The van der Waals surface area contributed by atoms with Crippen LogP contribution in [0.5, 0.6) is 0 Å². The molecule has 3 aromatic heterocycles. The van der Waals surface area contributed by atoms with Gasteiger partial charge in [0, 0.05) is 6.54 Å². The van der Waals surface area contributed by atoms with Crippen molar-refractivity contribution in [2.75, 3.05) is 5.73 Å². The zero-order valence-electron chi connectivity index (χ0n) is 16.4. The van der Waals surface area contributed by atoms with Gasteiger partial charge in [-0.15, -0.1) is 11.3 Å². The second kappa shape index (κ2) is 7.52. The number of hydrogen-bond donors (Lipinski definition) is 1. The van der Waals surface area contributed by atoms with Crippen LogP contribution in [0.1, 0.15) is 32.1 Å². The van der Waals surface area contributed by atoms with Crippen LogP contribution in [-0.2, 0) is 16.4 Å². The topological polar surface area (TPSA) is 90.9 Å². The van der Waals surface area contributed by atoms with E-state index in [0.29, 0.717) is 23.2 Å². The maximum absolute atomic E-state index is 13.4. The highest BCUT2D eigenvalue weighted by Gasteiger charge is 2.30. The van der Waals surface area contributed by atoms with Gasteiger partial charge in [0.15, 0.2) is 5.65 Å². The number of nitrogens with zero attached hydrogens (tertiary/aromatic N) is 3. The summed E-state index contributed by atoms with van der Waals surface area (Å²) in [4.78, 5) is 9.50. The maximum Gasteiger partial charge on any atom is 0.221 e. The van der Waals surface area contributed by atoms with Gasteiger partial charge in [-0.3, -0.25) is 0 Å². The summed E-state index contributed by atoms with van der Waals surface area (Å²) in [5.74, 6) is 0.213. The molecule has 30 heavy (non-hydrogen) atoms. The van der Waals surface area contributed by atoms with E-state index >= 15 is 0 Å². The van der Waals surface area contributed by atoms with Crippen LogP contribution in [0, 0.1) is 0 Å². The predicted molar refractivity (Wildman–Crippen MR) is 120 cm³/mol. The van der Waals surface area contributed by atoms with Crippen LogP contribution in [0.3, 0.4) is 0 Å². The van der Waals surface area contributed by atoms with Crippen molar-refractivity contribution in [2.24, 2.45) is 0 Å². The van der Waals surface area contributed by atoms with Crippen LogP contribution in [0.25, 0.3) is 22.2 Å². The Balaban J connectivity index is 1.71. The fourth-order valence-electron chi connectivity index (χ4n) is 4.08. The van der Waals surface area contributed by atoms with Crippen molar-refractivity contribution < 1.29 is 8.42 Å². The van der Waals surface area contributed by atoms with Crippen molar-refractivity contribution in [3.63, 3.8) is 0 Å². The first-order chi connectivity index (χ1) is 14.6. The van der Waals surface area contributed by atoms with E-state index in [9.17, 15) is 8.42 Å². The van der Waals surface area contributed by atoms with Gasteiger partial charge in [-0.2, -0.15) is 0 Å². The highest BCUT2D eigenvalue weighted by Crippen LogP contribution is 2.37. The highest BCUT2D eigenvalue weighted by molar-refractivity contribution is 7.93. The lowest BCUT2D eigenvalue weighted by molar-refractivity contribution is 0.598. The maximum atomic E-state index is 13.4. The molecule has 1 aliphatic rings. The first kappa shape index (κ1) is 19.3. The number of sulfone groups is 1. The minimum atomic E-state index is -3.79. The normalized spacial score (nSPS) is 15.0. The third kappa shape index (κ3) is 3.20. The van der Waals surface area contributed by atoms with Gasteiger partial charge >= 0.3 is 0 Å². The molecule has 0 amide bonds. The highest BCUT2D eigenvalue weighted by atomic mass is 32.2. The lowest BCUT2D eigenvalue weighted by Crippen LogP contribution is -2.08. The van der Waals surface area contributed by atoms with Crippen molar-refractivity contribution in [3.05, 3.63) is 53.4 Å². The molecule has 0 saturated carbocycles. The van der Waals surface area contributed by atoms with Crippen LogP contribution < -0.4 is 5.73 Å². The van der Waals surface area contributed by atoms with Crippen molar-refractivity contribution in [3.8, 4) is 0 Å². The van der Waals surface area contributed by atoms with Crippen LogP contribution in [-0.4, -0.2) is 23.0 Å². The quantitative estimate of drug-likeness (QED) is 0.445. The van der Waals surface area contributed by atoms with E-state index in [1.807, 2.05) is 28.8 Å². The molecule has 0 atom stereocenters. The molecule has 0 bridgehead atoms. The third-order valence-corrected chi connectivity index (χ3v) is 8.83. The summed E-state index contributed by atoms with van der Waals surface area (Å²) < 4.78 is 28.9. The fourth-order valence-corrected chi connectivity index (χ4v) is 6.69. The molecule has 0 radical (unpaired) electrons. The van der Waals surface area contributed by atoms with E-state index in [0.717, 1.165) is 24.8 Å².